The minimum atomic E-state index is 0.0480. The lowest BCUT2D eigenvalue weighted by Gasteiger charge is -2.18. The summed E-state index contributed by atoms with van der Waals surface area (Å²) in [7, 11) is 0. The standard InChI is InChI=1S/C14H21BrN2O/c1-3-17(4-2)11-12-6-5-7-13(10-12)16-14(18)8-9-15/h5-7,10H,3-4,8-9,11H2,1-2H3,(H,16,18). The number of hydrogen-bond donors (Lipinski definition) is 1. The van der Waals surface area contributed by atoms with Gasteiger partial charge in [-0.2, -0.15) is 0 Å². The molecule has 0 aliphatic heterocycles. The molecule has 0 fully saturated rings. The Kier molecular flexibility index (Phi) is 6.98. The van der Waals surface area contributed by atoms with E-state index in [4.69, 9.17) is 0 Å². The average Bonchev–Trinajstić information content (AvgIpc) is 2.36. The lowest BCUT2D eigenvalue weighted by atomic mass is 10.2. The van der Waals surface area contributed by atoms with E-state index in [1.807, 2.05) is 18.2 Å². The number of anilines is 1. The Morgan fingerprint density at radius 2 is 2.06 bits per heavy atom. The summed E-state index contributed by atoms with van der Waals surface area (Å²) in [5.74, 6) is 0.0480. The van der Waals surface area contributed by atoms with E-state index in [-0.39, 0.29) is 5.91 Å². The maximum Gasteiger partial charge on any atom is 0.225 e. The number of nitrogens with one attached hydrogen (secondary N) is 1. The van der Waals surface area contributed by atoms with Crippen molar-refractivity contribution in [3.05, 3.63) is 29.8 Å². The summed E-state index contributed by atoms with van der Waals surface area (Å²) in [6, 6.07) is 8.06. The predicted octanol–water partition coefficient (Wildman–Crippen LogP) is 3.25. The molecule has 1 aromatic rings. The molecule has 18 heavy (non-hydrogen) atoms. The van der Waals surface area contributed by atoms with E-state index < -0.39 is 0 Å². The van der Waals surface area contributed by atoms with E-state index in [1.165, 1.54) is 5.56 Å². The zero-order valence-corrected chi connectivity index (χ0v) is 12.7. The first-order valence-electron chi connectivity index (χ1n) is 6.36. The number of benzene rings is 1. The van der Waals surface area contributed by atoms with Crippen LogP contribution in [-0.2, 0) is 11.3 Å². The molecule has 4 heteroatoms. The molecule has 3 nitrogen and oxygen atoms in total. The van der Waals surface area contributed by atoms with Crippen molar-refractivity contribution in [3.63, 3.8) is 0 Å². The lowest BCUT2D eigenvalue weighted by Crippen LogP contribution is -2.22. The summed E-state index contributed by atoms with van der Waals surface area (Å²) in [6.45, 7) is 7.32. The van der Waals surface area contributed by atoms with Crippen LogP contribution < -0.4 is 5.32 Å². The summed E-state index contributed by atoms with van der Waals surface area (Å²) in [5, 5.41) is 3.60. The van der Waals surface area contributed by atoms with Gasteiger partial charge in [-0.05, 0) is 30.8 Å². The van der Waals surface area contributed by atoms with Crippen LogP contribution in [0.25, 0.3) is 0 Å². The molecule has 0 spiro atoms. The fourth-order valence-corrected chi connectivity index (χ4v) is 2.12. The number of nitrogens with zero attached hydrogens (tertiary/aromatic N) is 1. The molecule has 1 amide bonds. The van der Waals surface area contributed by atoms with Crippen LogP contribution in [0, 0.1) is 0 Å². The molecule has 1 N–H and O–H groups in total. The molecule has 100 valence electrons. The van der Waals surface area contributed by atoms with Gasteiger partial charge in [0, 0.05) is 24.0 Å². The minimum absolute atomic E-state index is 0.0480. The van der Waals surface area contributed by atoms with E-state index in [0.717, 1.165) is 25.3 Å². The lowest BCUT2D eigenvalue weighted by molar-refractivity contribution is -0.115. The van der Waals surface area contributed by atoms with Crippen LogP contribution in [0.15, 0.2) is 24.3 Å². The monoisotopic (exact) mass is 312 g/mol. The van der Waals surface area contributed by atoms with Gasteiger partial charge in [-0.25, -0.2) is 0 Å². The van der Waals surface area contributed by atoms with Gasteiger partial charge >= 0.3 is 0 Å². The van der Waals surface area contributed by atoms with Gasteiger partial charge in [0.05, 0.1) is 0 Å². The molecule has 0 aliphatic rings. The molecule has 0 radical (unpaired) electrons. The summed E-state index contributed by atoms with van der Waals surface area (Å²) in [5.41, 5.74) is 2.11. The molecule has 0 bridgehead atoms. The molecule has 0 aliphatic carbocycles. The summed E-state index contributed by atoms with van der Waals surface area (Å²) >= 11 is 3.26. The second-order valence-corrected chi connectivity index (χ2v) is 4.94. The highest BCUT2D eigenvalue weighted by Crippen LogP contribution is 2.13. The van der Waals surface area contributed by atoms with E-state index in [1.54, 1.807) is 0 Å². The van der Waals surface area contributed by atoms with Crippen LogP contribution in [0.2, 0.25) is 0 Å². The van der Waals surface area contributed by atoms with Gasteiger partial charge in [0.2, 0.25) is 5.91 Å². The number of carbonyl (C=O) groups excluding carboxylic acids is 1. The highest BCUT2D eigenvalue weighted by atomic mass is 79.9. The van der Waals surface area contributed by atoms with Crippen LogP contribution in [0.5, 0.6) is 0 Å². The zero-order valence-electron chi connectivity index (χ0n) is 11.1. The van der Waals surface area contributed by atoms with Crippen molar-refractivity contribution in [2.24, 2.45) is 0 Å². The van der Waals surface area contributed by atoms with Crippen molar-refractivity contribution >= 4 is 27.5 Å². The van der Waals surface area contributed by atoms with Gasteiger partial charge in [0.1, 0.15) is 0 Å². The smallest absolute Gasteiger partial charge is 0.225 e. The van der Waals surface area contributed by atoms with Crippen LogP contribution in [0.4, 0.5) is 5.69 Å². The van der Waals surface area contributed by atoms with E-state index in [2.05, 4.69) is 46.1 Å². The molecule has 0 unspecified atom stereocenters. The Balaban J connectivity index is 2.64. The summed E-state index contributed by atoms with van der Waals surface area (Å²) in [4.78, 5) is 13.9. The number of hydrogen-bond acceptors (Lipinski definition) is 2. The highest BCUT2D eigenvalue weighted by molar-refractivity contribution is 9.09. The van der Waals surface area contributed by atoms with Crippen molar-refractivity contribution in [2.75, 3.05) is 23.7 Å². The molecule has 1 rings (SSSR count). The third-order valence-corrected chi connectivity index (χ3v) is 3.23. The van der Waals surface area contributed by atoms with Crippen LogP contribution >= 0.6 is 15.9 Å². The van der Waals surface area contributed by atoms with Gasteiger partial charge in [0.15, 0.2) is 0 Å². The number of carbonyl (C=O) groups is 1. The average molecular weight is 313 g/mol. The van der Waals surface area contributed by atoms with Crippen LogP contribution in [0.1, 0.15) is 25.8 Å². The molecule has 0 aromatic heterocycles. The van der Waals surface area contributed by atoms with E-state index >= 15 is 0 Å². The largest absolute Gasteiger partial charge is 0.326 e. The van der Waals surface area contributed by atoms with E-state index in [0.29, 0.717) is 11.8 Å². The first kappa shape index (κ1) is 15.2. The van der Waals surface area contributed by atoms with Crippen molar-refractivity contribution in [3.8, 4) is 0 Å². The van der Waals surface area contributed by atoms with Crippen molar-refractivity contribution in [1.29, 1.82) is 0 Å². The third kappa shape index (κ3) is 5.19. The molecule has 1 aromatic carbocycles. The van der Waals surface area contributed by atoms with E-state index in [9.17, 15) is 4.79 Å². The van der Waals surface area contributed by atoms with Gasteiger partial charge in [-0.1, -0.05) is 41.9 Å². The Hall–Kier alpha value is -0.870. The van der Waals surface area contributed by atoms with Gasteiger partial charge in [-0.15, -0.1) is 0 Å². The highest BCUT2D eigenvalue weighted by Gasteiger charge is 2.04. The minimum Gasteiger partial charge on any atom is -0.326 e. The van der Waals surface area contributed by atoms with Crippen molar-refractivity contribution < 1.29 is 4.79 Å². The fraction of sp³-hybridized carbons (Fsp3) is 0.500. The molecule has 0 saturated carbocycles. The Bertz CT molecular complexity index is 378. The van der Waals surface area contributed by atoms with Crippen molar-refractivity contribution in [1.82, 2.24) is 4.90 Å². The summed E-state index contributed by atoms with van der Waals surface area (Å²) < 4.78 is 0. The SMILES string of the molecule is CCN(CC)Cc1cccc(NC(=O)CCBr)c1. The summed E-state index contributed by atoms with van der Waals surface area (Å²) in [6.07, 6.45) is 0.500. The molecular weight excluding hydrogens is 292 g/mol. The maximum atomic E-state index is 11.5. The first-order valence-corrected chi connectivity index (χ1v) is 7.48. The van der Waals surface area contributed by atoms with Crippen molar-refractivity contribution in [2.45, 2.75) is 26.8 Å². The Labute approximate surface area is 118 Å². The number of amides is 1. The number of rotatable bonds is 7. The number of alkyl halides is 1. The van der Waals surface area contributed by atoms with Gasteiger partial charge in [0.25, 0.3) is 0 Å². The Morgan fingerprint density at radius 3 is 2.67 bits per heavy atom. The maximum absolute atomic E-state index is 11.5. The second-order valence-electron chi connectivity index (χ2n) is 4.15. The molecular formula is C14H21BrN2O. The van der Waals surface area contributed by atoms with Crippen LogP contribution in [0.3, 0.4) is 0 Å². The zero-order chi connectivity index (χ0) is 13.4. The molecule has 0 saturated heterocycles. The van der Waals surface area contributed by atoms with Gasteiger partial charge < -0.3 is 5.32 Å². The normalized spacial score (nSPS) is 10.7. The Morgan fingerprint density at radius 1 is 1.33 bits per heavy atom. The molecule has 0 atom stereocenters. The van der Waals surface area contributed by atoms with Crippen LogP contribution in [-0.4, -0.2) is 29.2 Å². The predicted molar refractivity (Wildman–Crippen MR) is 80.1 cm³/mol. The quantitative estimate of drug-likeness (QED) is 0.784. The molecule has 0 heterocycles. The van der Waals surface area contributed by atoms with Gasteiger partial charge in [-0.3, -0.25) is 9.69 Å². The first-order chi connectivity index (χ1) is 8.69. The third-order valence-electron chi connectivity index (χ3n) is 2.83. The fourth-order valence-electron chi connectivity index (χ4n) is 1.76. The number of halogens is 1. The second kappa shape index (κ2) is 8.27. The topological polar surface area (TPSA) is 32.3 Å².